The van der Waals surface area contributed by atoms with Crippen LogP contribution in [0.15, 0.2) is 161 Å². The molecule has 10 rings (SSSR count). The number of H-pyrrole nitrogens is 2. The summed E-state index contributed by atoms with van der Waals surface area (Å²) in [5.41, 5.74) is 7.68. The number of aromatic nitrogens is 4. The second-order valence-corrected chi connectivity index (χ2v) is 18.3. The minimum absolute atomic E-state index is 0.0834. The van der Waals surface area contributed by atoms with Crippen LogP contribution in [0.5, 0.6) is 5.75 Å². The van der Waals surface area contributed by atoms with E-state index in [9.17, 15) is 16.8 Å². The number of para-hydroxylation sites is 5. The lowest BCUT2D eigenvalue weighted by Crippen LogP contribution is -2.48. The fourth-order valence-electron chi connectivity index (χ4n) is 7.38. The Balaban J connectivity index is 0.000000151. The molecule has 2 saturated heterocycles. The molecule has 0 atom stereocenters. The number of fused-ring (bicyclic) bond motifs is 2. The van der Waals surface area contributed by atoms with E-state index in [2.05, 4.69) is 19.9 Å². The molecule has 292 valence electrons. The summed E-state index contributed by atoms with van der Waals surface area (Å²) < 4.78 is 60.2. The van der Waals surface area contributed by atoms with E-state index in [4.69, 9.17) is 4.74 Å². The summed E-state index contributed by atoms with van der Waals surface area (Å²) in [6.45, 7) is 1.75. The number of imidazole rings is 2. The Labute approximate surface area is 337 Å². The monoisotopic (exact) mass is 808 g/mol. The number of benzene rings is 6. The van der Waals surface area contributed by atoms with Gasteiger partial charge in [-0.1, -0.05) is 97.1 Å². The van der Waals surface area contributed by atoms with Crippen molar-refractivity contribution in [1.29, 1.82) is 0 Å². The largest absolute Gasteiger partial charge is 0.496 e. The Bertz CT molecular complexity index is 2870. The Morgan fingerprint density at radius 3 is 1.40 bits per heavy atom. The number of ether oxygens (including phenoxy) is 1. The number of aromatic amines is 2. The first kappa shape index (κ1) is 37.5. The third-order valence-corrected chi connectivity index (χ3v) is 14.5. The highest BCUT2D eigenvalue weighted by Gasteiger charge is 2.40. The predicted octanol–water partition coefficient (Wildman–Crippen LogP) is 8.04. The summed E-state index contributed by atoms with van der Waals surface area (Å²) in [6, 6.07) is 47.3. The molecule has 2 aliphatic heterocycles. The van der Waals surface area contributed by atoms with E-state index in [1.54, 1.807) is 31.4 Å². The van der Waals surface area contributed by atoms with Crippen molar-refractivity contribution in [2.45, 2.75) is 21.6 Å². The average molecular weight is 809 g/mol. The molecule has 0 bridgehead atoms. The Kier molecular flexibility index (Phi) is 9.90. The standard InChI is InChI=1S/C23H21N3O3S.C22H19N3O2S/c1-29-22-9-5-2-6-19(22)16-10-12-18(13-11-16)30(27,28)26-14-17(15-26)23-24-20-7-3-4-8-21(20)25-23;26-28(27,19-12-10-17(11-13-19)16-6-2-1-3-7-16)25-14-18(15-25)22-23-20-8-4-5-9-21(20)24-22/h2-13,17H,14-15H2,1H3,(H,24,25);1-13,18H,14-15H2,(H,23,24). The predicted molar refractivity (Wildman–Crippen MR) is 225 cm³/mol. The van der Waals surface area contributed by atoms with Crippen LogP contribution in [0.4, 0.5) is 0 Å². The van der Waals surface area contributed by atoms with Crippen LogP contribution in [0.2, 0.25) is 0 Å². The number of hydrogen-bond acceptors (Lipinski definition) is 7. The topological polar surface area (TPSA) is 141 Å². The summed E-state index contributed by atoms with van der Waals surface area (Å²) in [6.07, 6.45) is 0. The third kappa shape index (κ3) is 7.17. The van der Waals surface area contributed by atoms with E-state index in [1.807, 2.05) is 127 Å². The SMILES string of the molecule is COc1ccccc1-c1ccc(S(=O)(=O)N2CC(c3nc4ccccc4[nH]3)C2)cc1.O=S(=O)(c1ccc(-c2ccccc2)cc1)N1CC(c2nc3ccccc3[nH]2)C1. The van der Waals surface area contributed by atoms with Gasteiger partial charge in [0.25, 0.3) is 0 Å². The van der Waals surface area contributed by atoms with Crippen LogP contribution in [0.25, 0.3) is 44.3 Å². The first-order chi connectivity index (χ1) is 28.2. The number of nitrogens with zero attached hydrogens (tertiary/aromatic N) is 4. The normalized spacial score (nSPS) is 15.4. The third-order valence-electron chi connectivity index (χ3n) is 10.8. The fourth-order valence-corrected chi connectivity index (χ4v) is 10.4. The van der Waals surface area contributed by atoms with Gasteiger partial charge in [-0.25, -0.2) is 26.8 Å². The van der Waals surface area contributed by atoms with Gasteiger partial charge in [0.15, 0.2) is 0 Å². The van der Waals surface area contributed by atoms with Gasteiger partial charge in [-0.2, -0.15) is 8.61 Å². The average Bonchev–Trinajstić information content (AvgIpc) is 3.84. The first-order valence-corrected chi connectivity index (χ1v) is 21.8. The molecule has 0 amide bonds. The molecule has 0 spiro atoms. The molecular formula is C45H40N6O5S2. The maximum atomic E-state index is 13.0. The van der Waals surface area contributed by atoms with Crippen LogP contribution in [0.3, 0.4) is 0 Å². The molecule has 0 aliphatic carbocycles. The van der Waals surface area contributed by atoms with Gasteiger partial charge in [-0.3, -0.25) is 0 Å². The minimum Gasteiger partial charge on any atom is -0.496 e. The Morgan fingerprint density at radius 2 is 0.914 bits per heavy atom. The molecule has 6 aromatic carbocycles. The molecule has 8 aromatic rings. The maximum Gasteiger partial charge on any atom is 0.243 e. The van der Waals surface area contributed by atoms with Crippen molar-refractivity contribution in [3.63, 3.8) is 0 Å². The van der Waals surface area contributed by atoms with Gasteiger partial charge in [0.2, 0.25) is 20.0 Å². The van der Waals surface area contributed by atoms with Gasteiger partial charge in [0, 0.05) is 43.6 Å². The molecule has 13 heteroatoms. The lowest BCUT2D eigenvalue weighted by Gasteiger charge is -2.36. The van der Waals surface area contributed by atoms with E-state index in [0.717, 1.165) is 61.7 Å². The zero-order chi connectivity index (χ0) is 39.9. The molecule has 2 N–H and O–H groups in total. The van der Waals surface area contributed by atoms with Gasteiger partial charge in [-0.15, -0.1) is 0 Å². The Hall–Kier alpha value is -6.12. The molecule has 0 radical (unpaired) electrons. The smallest absolute Gasteiger partial charge is 0.243 e. The molecule has 2 aromatic heterocycles. The highest BCUT2D eigenvalue weighted by atomic mass is 32.2. The van der Waals surface area contributed by atoms with Crippen LogP contribution < -0.4 is 4.74 Å². The quantitative estimate of drug-likeness (QED) is 0.150. The van der Waals surface area contributed by atoms with Gasteiger partial charge >= 0.3 is 0 Å². The van der Waals surface area contributed by atoms with Crippen molar-refractivity contribution in [3.8, 4) is 28.0 Å². The minimum atomic E-state index is -3.53. The van der Waals surface area contributed by atoms with Crippen molar-refractivity contribution in [2.75, 3.05) is 33.3 Å². The van der Waals surface area contributed by atoms with Crippen LogP contribution in [-0.2, 0) is 20.0 Å². The first-order valence-electron chi connectivity index (χ1n) is 19.0. The molecule has 2 fully saturated rings. The molecule has 0 unspecified atom stereocenters. The lowest BCUT2D eigenvalue weighted by molar-refractivity contribution is 0.257. The molecule has 2 aliphatic rings. The van der Waals surface area contributed by atoms with E-state index < -0.39 is 20.0 Å². The van der Waals surface area contributed by atoms with Crippen LogP contribution in [0.1, 0.15) is 23.5 Å². The van der Waals surface area contributed by atoms with Crippen LogP contribution in [0, 0.1) is 0 Å². The van der Waals surface area contributed by atoms with Gasteiger partial charge < -0.3 is 14.7 Å². The van der Waals surface area contributed by atoms with Crippen molar-refractivity contribution < 1.29 is 21.6 Å². The second-order valence-electron chi connectivity index (χ2n) is 14.4. The van der Waals surface area contributed by atoms with E-state index in [0.29, 0.717) is 36.0 Å². The fraction of sp³-hybridized carbons (Fsp3) is 0.156. The molecular weight excluding hydrogens is 769 g/mol. The van der Waals surface area contributed by atoms with Crippen molar-refractivity contribution in [2.24, 2.45) is 0 Å². The molecule has 58 heavy (non-hydrogen) atoms. The lowest BCUT2D eigenvalue weighted by atomic mass is 10.0. The number of sulfonamides is 2. The number of methoxy groups -OCH3 is 1. The van der Waals surface area contributed by atoms with Gasteiger partial charge in [0.1, 0.15) is 17.4 Å². The van der Waals surface area contributed by atoms with E-state index in [-0.39, 0.29) is 11.8 Å². The van der Waals surface area contributed by atoms with Crippen molar-refractivity contribution in [3.05, 3.63) is 163 Å². The summed E-state index contributed by atoms with van der Waals surface area (Å²) in [4.78, 5) is 16.4. The van der Waals surface area contributed by atoms with Gasteiger partial charge in [0.05, 0.1) is 39.0 Å². The summed E-state index contributed by atoms with van der Waals surface area (Å²) in [7, 11) is -5.38. The maximum absolute atomic E-state index is 13.0. The zero-order valence-electron chi connectivity index (χ0n) is 31.6. The Morgan fingerprint density at radius 1 is 0.500 bits per heavy atom. The second kappa shape index (κ2) is 15.3. The highest BCUT2D eigenvalue weighted by Crippen LogP contribution is 2.35. The molecule has 11 nitrogen and oxygen atoms in total. The number of rotatable bonds is 9. The van der Waals surface area contributed by atoms with E-state index in [1.165, 1.54) is 8.61 Å². The number of hydrogen-bond donors (Lipinski definition) is 2. The zero-order valence-corrected chi connectivity index (χ0v) is 33.2. The van der Waals surface area contributed by atoms with E-state index >= 15 is 0 Å². The summed E-state index contributed by atoms with van der Waals surface area (Å²) in [5.74, 6) is 2.64. The van der Waals surface area contributed by atoms with Crippen molar-refractivity contribution in [1.82, 2.24) is 28.5 Å². The van der Waals surface area contributed by atoms with Crippen LogP contribution >= 0.6 is 0 Å². The summed E-state index contributed by atoms with van der Waals surface area (Å²) >= 11 is 0. The number of nitrogens with one attached hydrogen (secondary N) is 2. The van der Waals surface area contributed by atoms with Crippen LogP contribution in [-0.4, -0.2) is 78.7 Å². The molecule has 4 heterocycles. The summed E-state index contributed by atoms with van der Waals surface area (Å²) in [5, 5.41) is 0. The van der Waals surface area contributed by atoms with Crippen molar-refractivity contribution >= 4 is 42.1 Å². The van der Waals surface area contributed by atoms with Gasteiger partial charge in [-0.05, 0) is 71.3 Å². The highest BCUT2D eigenvalue weighted by molar-refractivity contribution is 7.89. The molecule has 0 saturated carbocycles.